The number of anilines is 1. The minimum atomic E-state index is -1.29. The Bertz CT molecular complexity index is 1890. The molecule has 3 amide bonds. The van der Waals surface area contributed by atoms with Crippen molar-refractivity contribution in [2.24, 2.45) is 11.8 Å². The number of pyridine rings is 1. The van der Waals surface area contributed by atoms with Crippen molar-refractivity contribution in [2.75, 3.05) is 38.8 Å². The van der Waals surface area contributed by atoms with Crippen LogP contribution >= 0.6 is 0 Å². The van der Waals surface area contributed by atoms with Gasteiger partial charge in [-0.3, -0.25) is 25.1 Å². The molecule has 2 aromatic carbocycles. The first-order valence-corrected chi connectivity index (χ1v) is 17.4. The van der Waals surface area contributed by atoms with Gasteiger partial charge in [-0.1, -0.05) is 26.5 Å². The third-order valence-electron chi connectivity index (χ3n) is 8.04. The average molecular weight is 744 g/mol. The number of esters is 2. The maximum absolute atomic E-state index is 14.0. The van der Waals surface area contributed by atoms with Crippen molar-refractivity contribution < 1.29 is 47.7 Å². The standard InChI is InChI=1S/C39H45N5O10/c1-7-25-19-30(35(45)42-27-13-11-26(12-14-27)34(40)44-39(49)52-18-17-51-8-2)29(20-32(25)50-6)28-15-16-31(36(46)41-21-24-9-10-24)43-33(28)38(48)54-23(5)53-37(47)22(3)4/h7,11-16,19-20,22-24H,1,8-10,17-18,21H2,2-6H3,(H,41,46)(H,42,45)(H2,40,44,49). The molecule has 286 valence electrons. The molecule has 1 atom stereocenters. The lowest BCUT2D eigenvalue weighted by molar-refractivity contribution is -0.169. The number of hydrogen-bond donors (Lipinski definition) is 4. The van der Waals surface area contributed by atoms with Crippen molar-refractivity contribution in [3.63, 3.8) is 0 Å². The van der Waals surface area contributed by atoms with E-state index in [-0.39, 0.29) is 47.1 Å². The van der Waals surface area contributed by atoms with Gasteiger partial charge in [-0.25, -0.2) is 14.6 Å². The highest BCUT2D eigenvalue weighted by Gasteiger charge is 2.28. The second kappa shape index (κ2) is 19.1. The van der Waals surface area contributed by atoms with Crippen LogP contribution < -0.4 is 20.7 Å². The second-order valence-corrected chi connectivity index (χ2v) is 12.5. The highest BCUT2D eigenvalue weighted by Crippen LogP contribution is 2.35. The van der Waals surface area contributed by atoms with Gasteiger partial charge in [0.25, 0.3) is 11.8 Å². The lowest BCUT2D eigenvalue weighted by atomic mass is 9.94. The number of hydrogen-bond acceptors (Lipinski definition) is 12. The van der Waals surface area contributed by atoms with Crippen LogP contribution in [0.25, 0.3) is 17.2 Å². The van der Waals surface area contributed by atoms with Crippen LogP contribution in [0.4, 0.5) is 10.5 Å². The molecule has 15 nitrogen and oxygen atoms in total. The fourth-order valence-corrected chi connectivity index (χ4v) is 4.95. The van der Waals surface area contributed by atoms with Crippen LogP contribution in [-0.4, -0.2) is 80.4 Å². The van der Waals surface area contributed by atoms with Gasteiger partial charge in [-0.05, 0) is 74.2 Å². The Kier molecular flexibility index (Phi) is 14.4. The lowest BCUT2D eigenvalue weighted by Gasteiger charge is -2.19. The molecule has 3 aromatic rings. The molecule has 1 saturated carbocycles. The number of amides is 3. The third kappa shape index (κ3) is 11.2. The van der Waals surface area contributed by atoms with E-state index >= 15 is 0 Å². The highest BCUT2D eigenvalue weighted by atomic mass is 16.7. The lowest BCUT2D eigenvalue weighted by Crippen LogP contribution is -2.31. The summed E-state index contributed by atoms with van der Waals surface area (Å²) in [7, 11) is 1.44. The van der Waals surface area contributed by atoms with Gasteiger partial charge in [0.2, 0.25) is 6.29 Å². The van der Waals surface area contributed by atoms with E-state index in [2.05, 4.69) is 27.5 Å². The van der Waals surface area contributed by atoms with E-state index in [1.165, 1.54) is 50.4 Å². The van der Waals surface area contributed by atoms with Gasteiger partial charge < -0.3 is 34.3 Å². The van der Waals surface area contributed by atoms with Crippen LogP contribution in [-0.2, 0) is 23.7 Å². The first kappa shape index (κ1) is 40.7. The van der Waals surface area contributed by atoms with Crippen molar-refractivity contribution in [1.29, 1.82) is 5.41 Å². The summed E-state index contributed by atoms with van der Waals surface area (Å²) < 4.78 is 26.4. The molecule has 15 heteroatoms. The Balaban J connectivity index is 1.66. The van der Waals surface area contributed by atoms with E-state index in [0.717, 1.165) is 12.8 Å². The summed E-state index contributed by atoms with van der Waals surface area (Å²) in [5.74, 6) is -2.66. The third-order valence-corrected chi connectivity index (χ3v) is 8.04. The van der Waals surface area contributed by atoms with Gasteiger partial charge in [0.05, 0.1) is 19.6 Å². The summed E-state index contributed by atoms with van der Waals surface area (Å²) in [6.07, 6.45) is 1.43. The fraction of sp³-hybridized carbons (Fsp3) is 0.359. The molecule has 0 saturated heterocycles. The summed E-state index contributed by atoms with van der Waals surface area (Å²) in [6, 6.07) is 12.1. The zero-order valence-electron chi connectivity index (χ0n) is 30.9. The number of amidine groups is 1. The second-order valence-electron chi connectivity index (χ2n) is 12.5. The number of methoxy groups -OCH3 is 1. The minimum Gasteiger partial charge on any atom is -0.496 e. The highest BCUT2D eigenvalue weighted by molar-refractivity contribution is 6.11. The Morgan fingerprint density at radius 1 is 0.963 bits per heavy atom. The van der Waals surface area contributed by atoms with Crippen molar-refractivity contribution in [3.05, 3.63) is 83.2 Å². The molecular formula is C39H45N5O10. The van der Waals surface area contributed by atoms with Crippen LogP contribution in [0.2, 0.25) is 0 Å². The number of carbonyl (C=O) groups is 5. The molecule has 4 rings (SSSR count). The predicted octanol–water partition coefficient (Wildman–Crippen LogP) is 5.58. The number of ether oxygens (including phenoxy) is 5. The Hall–Kier alpha value is -6.09. The zero-order chi connectivity index (χ0) is 39.4. The number of carbonyl (C=O) groups excluding carboxylic acids is 5. The van der Waals surface area contributed by atoms with Gasteiger partial charge >= 0.3 is 18.0 Å². The molecule has 1 aliphatic carbocycles. The first-order valence-electron chi connectivity index (χ1n) is 17.4. The summed E-state index contributed by atoms with van der Waals surface area (Å²) in [5.41, 5.74) is 1.21. The molecule has 1 unspecified atom stereocenters. The SMILES string of the molecule is C=Cc1cc(C(=O)Nc2ccc(C(=N)NC(=O)OCCOCC)cc2)c(-c2ccc(C(=O)NCC3CC3)nc2C(=O)OC(C)OC(=O)C(C)C)cc1OC. The predicted molar refractivity (Wildman–Crippen MR) is 199 cm³/mol. The van der Waals surface area contributed by atoms with Gasteiger partial charge in [0, 0.05) is 53.6 Å². The Morgan fingerprint density at radius 2 is 1.69 bits per heavy atom. The zero-order valence-corrected chi connectivity index (χ0v) is 30.9. The molecular weight excluding hydrogens is 698 g/mol. The minimum absolute atomic E-state index is 0.0320. The normalized spacial score (nSPS) is 12.6. The summed E-state index contributed by atoms with van der Waals surface area (Å²) in [6.45, 7) is 11.5. The van der Waals surface area contributed by atoms with E-state index in [0.29, 0.717) is 41.6 Å². The Morgan fingerprint density at radius 3 is 2.31 bits per heavy atom. The van der Waals surface area contributed by atoms with Gasteiger partial charge in [0.15, 0.2) is 5.69 Å². The quantitative estimate of drug-likeness (QED) is 0.0442. The van der Waals surface area contributed by atoms with E-state index in [4.69, 9.17) is 29.1 Å². The van der Waals surface area contributed by atoms with Crippen molar-refractivity contribution in [1.82, 2.24) is 15.6 Å². The average Bonchev–Trinajstić information content (AvgIpc) is 3.99. The van der Waals surface area contributed by atoms with Crippen LogP contribution in [0.15, 0.2) is 55.1 Å². The van der Waals surface area contributed by atoms with E-state index in [1.54, 1.807) is 32.0 Å². The largest absolute Gasteiger partial charge is 0.496 e. The summed E-state index contributed by atoms with van der Waals surface area (Å²) in [5, 5.41) is 16.2. The van der Waals surface area contributed by atoms with Crippen molar-refractivity contribution in [2.45, 2.75) is 46.8 Å². The summed E-state index contributed by atoms with van der Waals surface area (Å²) >= 11 is 0. The molecule has 1 aliphatic rings. The number of nitrogens with zero attached hydrogens (tertiary/aromatic N) is 1. The Labute approximate surface area is 313 Å². The van der Waals surface area contributed by atoms with Crippen molar-refractivity contribution >= 4 is 47.4 Å². The van der Waals surface area contributed by atoms with Gasteiger partial charge in [0.1, 0.15) is 23.9 Å². The number of alkyl carbamates (subject to hydrolysis) is 1. The number of aromatic nitrogens is 1. The fourth-order valence-electron chi connectivity index (χ4n) is 4.95. The molecule has 54 heavy (non-hydrogen) atoms. The molecule has 0 radical (unpaired) electrons. The van der Waals surface area contributed by atoms with Crippen LogP contribution in [0.1, 0.15) is 83.0 Å². The molecule has 0 bridgehead atoms. The van der Waals surface area contributed by atoms with Crippen LogP contribution in [0.5, 0.6) is 5.75 Å². The number of benzene rings is 2. The van der Waals surface area contributed by atoms with Crippen molar-refractivity contribution in [3.8, 4) is 16.9 Å². The maximum Gasteiger partial charge on any atom is 0.412 e. The van der Waals surface area contributed by atoms with Crippen LogP contribution in [0.3, 0.4) is 0 Å². The van der Waals surface area contributed by atoms with Crippen LogP contribution in [0, 0.1) is 17.2 Å². The van der Waals surface area contributed by atoms with Gasteiger partial charge in [-0.2, -0.15) is 0 Å². The maximum atomic E-state index is 14.0. The van der Waals surface area contributed by atoms with E-state index in [1.807, 2.05) is 6.92 Å². The van der Waals surface area contributed by atoms with E-state index < -0.39 is 42.1 Å². The molecule has 1 fully saturated rings. The molecule has 4 N–H and O–H groups in total. The topological polar surface area (TPSA) is 204 Å². The monoisotopic (exact) mass is 743 g/mol. The molecule has 0 spiro atoms. The number of nitrogens with one attached hydrogen (secondary N) is 4. The number of rotatable bonds is 17. The van der Waals surface area contributed by atoms with Gasteiger partial charge in [-0.15, -0.1) is 0 Å². The molecule has 1 heterocycles. The smallest absolute Gasteiger partial charge is 0.412 e. The molecule has 0 aliphatic heterocycles. The summed E-state index contributed by atoms with van der Waals surface area (Å²) in [4.78, 5) is 69.4. The first-order chi connectivity index (χ1) is 25.8. The van der Waals surface area contributed by atoms with E-state index in [9.17, 15) is 24.0 Å². The molecule has 1 aromatic heterocycles.